The lowest BCUT2D eigenvalue weighted by atomic mass is 10.2. The predicted molar refractivity (Wildman–Crippen MR) is 70.4 cm³/mol. The van der Waals surface area contributed by atoms with Crippen molar-refractivity contribution in [3.05, 3.63) is 35.9 Å². The van der Waals surface area contributed by atoms with Crippen LogP contribution in [0.1, 0.15) is 24.8 Å². The minimum Gasteiger partial charge on any atom is -0.393 e. The number of aliphatic hydroxyl groups excluding tert-OH is 1. The summed E-state index contributed by atoms with van der Waals surface area (Å²) in [6, 6.07) is 9.08. The normalized spacial score (nSPS) is 17.6. The average Bonchev–Trinajstić information content (AvgIpc) is 3.13. The summed E-state index contributed by atoms with van der Waals surface area (Å²) >= 11 is 0. The molecule has 18 heavy (non-hydrogen) atoms. The maximum absolute atomic E-state index is 11.8. The first kappa shape index (κ1) is 13.5. The van der Waals surface area contributed by atoms with Gasteiger partial charge in [0.15, 0.2) is 0 Å². The largest absolute Gasteiger partial charge is 0.393 e. The van der Waals surface area contributed by atoms with Crippen LogP contribution in [0.3, 0.4) is 0 Å². The first-order valence-corrected chi connectivity index (χ1v) is 7.91. The van der Waals surface area contributed by atoms with Crippen molar-refractivity contribution in [3.63, 3.8) is 0 Å². The second-order valence-electron chi connectivity index (χ2n) is 4.83. The van der Waals surface area contributed by atoms with E-state index >= 15 is 0 Å². The number of aliphatic hydroxyl groups is 1. The maximum Gasteiger partial charge on any atom is 0.215 e. The molecule has 0 bridgehead atoms. The van der Waals surface area contributed by atoms with Gasteiger partial charge in [-0.25, -0.2) is 13.1 Å². The average molecular weight is 269 g/mol. The smallest absolute Gasteiger partial charge is 0.215 e. The summed E-state index contributed by atoms with van der Waals surface area (Å²) in [5.41, 5.74) is 0.771. The Hall–Kier alpha value is -0.910. The molecule has 2 rings (SSSR count). The van der Waals surface area contributed by atoms with Crippen molar-refractivity contribution in [2.24, 2.45) is 5.92 Å². The number of hydrogen-bond acceptors (Lipinski definition) is 3. The molecule has 2 N–H and O–H groups in total. The Balaban J connectivity index is 1.76. The van der Waals surface area contributed by atoms with Crippen LogP contribution in [-0.2, 0) is 15.8 Å². The monoisotopic (exact) mass is 269 g/mol. The zero-order chi connectivity index (χ0) is 13.0. The van der Waals surface area contributed by atoms with Gasteiger partial charge in [0.05, 0.1) is 11.9 Å². The Morgan fingerprint density at radius 1 is 1.28 bits per heavy atom. The van der Waals surface area contributed by atoms with E-state index in [9.17, 15) is 13.5 Å². The predicted octanol–water partition coefficient (Wildman–Crippen LogP) is 1.27. The third kappa shape index (κ3) is 4.40. The lowest BCUT2D eigenvalue weighted by Gasteiger charge is -2.10. The van der Waals surface area contributed by atoms with Crippen LogP contribution in [0.4, 0.5) is 0 Å². The van der Waals surface area contributed by atoms with Crippen molar-refractivity contribution >= 4 is 10.0 Å². The van der Waals surface area contributed by atoms with E-state index in [-0.39, 0.29) is 11.9 Å². The molecular formula is C13H19NO3S. The molecule has 5 heteroatoms. The van der Waals surface area contributed by atoms with Crippen LogP contribution in [0.15, 0.2) is 30.3 Å². The fourth-order valence-corrected chi connectivity index (χ4v) is 3.09. The van der Waals surface area contributed by atoms with Crippen LogP contribution >= 0.6 is 0 Å². The van der Waals surface area contributed by atoms with Crippen molar-refractivity contribution in [2.75, 3.05) is 6.54 Å². The fraction of sp³-hybridized carbons (Fsp3) is 0.538. The molecule has 0 aliphatic heterocycles. The van der Waals surface area contributed by atoms with E-state index in [1.54, 1.807) is 12.1 Å². The van der Waals surface area contributed by atoms with Crippen molar-refractivity contribution in [1.29, 1.82) is 0 Å². The highest BCUT2D eigenvalue weighted by atomic mass is 32.2. The molecular weight excluding hydrogens is 250 g/mol. The van der Waals surface area contributed by atoms with E-state index in [1.807, 2.05) is 18.2 Å². The van der Waals surface area contributed by atoms with E-state index in [0.29, 0.717) is 18.9 Å². The summed E-state index contributed by atoms with van der Waals surface area (Å²) in [6.45, 7) is 0.312. The number of benzene rings is 1. The molecule has 0 radical (unpaired) electrons. The SMILES string of the molecule is O=S(=O)(Cc1ccccc1)NCCC(O)C1CC1. The molecule has 1 atom stereocenters. The standard InChI is InChI=1S/C13H19NO3S/c15-13(12-6-7-12)8-9-14-18(16,17)10-11-4-2-1-3-5-11/h1-5,12-15H,6-10H2. The van der Waals surface area contributed by atoms with Crippen molar-refractivity contribution in [2.45, 2.75) is 31.1 Å². The minimum absolute atomic E-state index is 0.00658. The number of hydrogen-bond donors (Lipinski definition) is 2. The van der Waals surface area contributed by atoms with E-state index in [4.69, 9.17) is 0 Å². The molecule has 1 saturated carbocycles. The van der Waals surface area contributed by atoms with Gasteiger partial charge in [-0.1, -0.05) is 30.3 Å². The van der Waals surface area contributed by atoms with E-state index in [0.717, 1.165) is 18.4 Å². The van der Waals surface area contributed by atoms with Crippen LogP contribution in [0.25, 0.3) is 0 Å². The second-order valence-corrected chi connectivity index (χ2v) is 6.64. The summed E-state index contributed by atoms with van der Waals surface area (Å²) in [6.07, 6.45) is 2.28. The van der Waals surface area contributed by atoms with Crippen LogP contribution in [0, 0.1) is 5.92 Å². The summed E-state index contributed by atoms with van der Waals surface area (Å²) in [5.74, 6) is 0.386. The number of sulfonamides is 1. The van der Waals surface area contributed by atoms with E-state index in [2.05, 4.69) is 4.72 Å². The molecule has 1 aromatic carbocycles. The minimum atomic E-state index is -3.30. The van der Waals surface area contributed by atoms with Gasteiger partial charge in [0.1, 0.15) is 0 Å². The van der Waals surface area contributed by atoms with Crippen molar-refractivity contribution < 1.29 is 13.5 Å². The maximum atomic E-state index is 11.8. The Kier molecular flexibility index (Phi) is 4.37. The van der Waals surface area contributed by atoms with E-state index < -0.39 is 10.0 Å². The first-order valence-electron chi connectivity index (χ1n) is 6.26. The van der Waals surface area contributed by atoms with Gasteiger partial charge < -0.3 is 5.11 Å². The highest BCUT2D eigenvalue weighted by molar-refractivity contribution is 7.88. The molecule has 0 saturated heterocycles. The van der Waals surface area contributed by atoms with Gasteiger partial charge in [-0.2, -0.15) is 0 Å². The summed E-state index contributed by atoms with van der Waals surface area (Å²) in [5, 5.41) is 9.64. The van der Waals surface area contributed by atoms with Gasteiger partial charge in [0.2, 0.25) is 10.0 Å². The van der Waals surface area contributed by atoms with Crippen molar-refractivity contribution in [1.82, 2.24) is 4.72 Å². The quantitative estimate of drug-likeness (QED) is 0.783. The number of rotatable bonds is 7. The molecule has 100 valence electrons. The third-order valence-corrected chi connectivity index (χ3v) is 4.49. The number of nitrogens with one attached hydrogen (secondary N) is 1. The summed E-state index contributed by atoms with van der Waals surface area (Å²) in [4.78, 5) is 0. The van der Waals surface area contributed by atoms with Crippen LogP contribution < -0.4 is 4.72 Å². The third-order valence-electron chi connectivity index (χ3n) is 3.13. The fourth-order valence-electron chi connectivity index (χ4n) is 1.92. The van der Waals surface area contributed by atoms with Gasteiger partial charge in [0.25, 0.3) is 0 Å². The van der Waals surface area contributed by atoms with Gasteiger partial charge in [-0.3, -0.25) is 0 Å². The Bertz CT molecular complexity index is 468. The molecule has 4 nitrogen and oxygen atoms in total. The first-order chi connectivity index (χ1) is 8.57. The van der Waals surface area contributed by atoms with Gasteiger partial charge >= 0.3 is 0 Å². The molecule has 1 fully saturated rings. The zero-order valence-electron chi connectivity index (χ0n) is 10.2. The Labute approximate surface area is 108 Å². The topological polar surface area (TPSA) is 66.4 Å². The van der Waals surface area contributed by atoms with E-state index in [1.165, 1.54) is 0 Å². The molecule has 0 spiro atoms. The van der Waals surface area contributed by atoms with Crippen LogP contribution in [-0.4, -0.2) is 26.2 Å². The molecule has 0 amide bonds. The highest BCUT2D eigenvalue weighted by Gasteiger charge is 2.29. The zero-order valence-corrected chi connectivity index (χ0v) is 11.1. The lowest BCUT2D eigenvalue weighted by Crippen LogP contribution is -2.28. The van der Waals surface area contributed by atoms with Gasteiger partial charge in [0, 0.05) is 6.54 Å². The Morgan fingerprint density at radius 2 is 1.94 bits per heavy atom. The molecule has 0 aromatic heterocycles. The molecule has 1 aromatic rings. The summed E-state index contributed by atoms with van der Waals surface area (Å²) in [7, 11) is -3.30. The lowest BCUT2D eigenvalue weighted by molar-refractivity contribution is 0.143. The van der Waals surface area contributed by atoms with Crippen molar-refractivity contribution in [3.8, 4) is 0 Å². The molecule has 1 unspecified atom stereocenters. The summed E-state index contributed by atoms with van der Waals surface area (Å²) < 4.78 is 26.1. The van der Waals surface area contributed by atoms with Gasteiger partial charge in [-0.15, -0.1) is 0 Å². The molecule has 0 heterocycles. The van der Waals surface area contributed by atoms with Gasteiger partial charge in [-0.05, 0) is 30.7 Å². The molecule has 1 aliphatic carbocycles. The van der Waals surface area contributed by atoms with Crippen LogP contribution in [0.2, 0.25) is 0 Å². The highest BCUT2D eigenvalue weighted by Crippen LogP contribution is 2.33. The molecule has 1 aliphatic rings. The van der Waals surface area contributed by atoms with Crippen LogP contribution in [0.5, 0.6) is 0 Å². The Morgan fingerprint density at radius 3 is 2.56 bits per heavy atom. The second kappa shape index (κ2) is 5.82.